The number of amides is 3. The van der Waals surface area contributed by atoms with E-state index in [0.29, 0.717) is 12.3 Å². The van der Waals surface area contributed by atoms with Gasteiger partial charge in [0.1, 0.15) is 17.7 Å². The molecule has 1 aliphatic carbocycles. The van der Waals surface area contributed by atoms with Gasteiger partial charge in [-0.05, 0) is 57.9 Å². The largest absolute Gasteiger partial charge is 0.444 e. The number of aliphatic hydroxyl groups excluding tert-OH is 1. The first-order valence-corrected chi connectivity index (χ1v) is 14.2. The second-order valence-electron chi connectivity index (χ2n) is 12.2. The molecular formula is C30H49N3O5. The normalized spacial score (nSPS) is 17.7. The highest BCUT2D eigenvalue weighted by Crippen LogP contribution is 2.28. The van der Waals surface area contributed by atoms with E-state index in [1.807, 2.05) is 44.2 Å². The van der Waals surface area contributed by atoms with Crippen LogP contribution in [0, 0.1) is 11.8 Å². The predicted molar refractivity (Wildman–Crippen MR) is 149 cm³/mol. The summed E-state index contributed by atoms with van der Waals surface area (Å²) in [7, 11) is 0. The maximum absolute atomic E-state index is 13.5. The van der Waals surface area contributed by atoms with Gasteiger partial charge in [-0.3, -0.25) is 9.59 Å². The molecule has 0 spiro atoms. The first kappa shape index (κ1) is 31.6. The van der Waals surface area contributed by atoms with Gasteiger partial charge in [0.15, 0.2) is 0 Å². The molecule has 3 amide bonds. The SMILES string of the molecule is CC(C)C[C@H](NC(=O)[C@H](Cc1ccccc1)NC(=O)OC(C)(C)C)C(=O)N[C@@H](CC1CCCCC1)C(C)O. The molecule has 38 heavy (non-hydrogen) atoms. The van der Waals surface area contributed by atoms with Crippen LogP contribution in [0.1, 0.15) is 92.1 Å². The van der Waals surface area contributed by atoms with Gasteiger partial charge in [-0.2, -0.15) is 0 Å². The van der Waals surface area contributed by atoms with Crippen LogP contribution in [0.4, 0.5) is 4.79 Å². The van der Waals surface area contributed by atoms with Crippen LogP contribution in [0.3, 0.4) is 0 Å². The van der Waals surface area contributed by atoms with Crippen molar-refractivity contribution in [2.45, 2.75) is 123 Å². The second kappa shape index (κ2) is 15.1. The molecular weight excluding hydrogens is 482 g/mol. The number of aliphatic hydroxyl groups is 1. The number of alkyl carbamates (subject to hydrolysis) is 1. The summed E-state index contributed by atoms with van der Waals surface area (Å²) in [5.74, 6) is -0.151. The summed E-state index contributed by atoms with van der Waals surface area (Å²) in [6.45, 7) is 10.9. The van der Waals surface area contributed by atoms with Crippen molar-refractivity contribution in [3.8, 4) is 0 Å². The Hall–Kier alpha value is -2.61. The molecule has 8 nitrogen and oxygen atoms in total. The van der Waals surface area contributed by atoms with E-state index in [4.69, 9.17) is 4.74 Å². The highest BCUT2D eigenvalue weighted by atomic mass is 16.6. The fourth-order valence-electron chi connectivity index (χ4n) is 4.93. The molecule has 1 aromatic carbocycles. The highest BCUT2D eigenvalue weighted by molar-refractivity contribution is 5.91. The fourth-order valence-corrected chi connectivity index (χ4v) is 4.93. The third kappa shape index (κ3) is 11.8. The maximum atomic E-state index is 13.5. The molecule has 0 aromatic heterocycles. The second-order valence-corrected chi connectivity index (χ2v) is 12.2. The third-order valence-electron chi connectivity index (χ3n) is 6.85. The van der Waals surface area contributed by atoms with Crippen LogP contribution in [-0.2, 0) is 20.7 Å². The van der Waals surface area contributed by atoms with Crippen molar-refractivity contribution in [3.63, 3.8) is 0 Å². The van der Waals surface area contributed by atoms with E-state index in [0.717, 1.165) is 24.8 Å². The van der Waals surface area contributed by atoms with Gasteiger partial charge >= 0.3 is 6.09 Å². The number of hydrogen-bond donors (Lipinski definition) is 4. The molecule has 1 saturated carbocycles. The highest BCUT2D eigenvalue weighted by Gasteiger charge is 2.31. The lowest BCUT2D eigenvalue weighted by Gasteiger charge is -2.31. The minimum atomic E-state index is -0.926. The third-order valence-corrected chi connectivity index (χ3v) is 6.85. The van der Waals surface area contributed by atoms with Gasteiger partial charge in [-0.25, -0.2) is 4.79 Å². The molecule has 2 rings (SSSR count). The van der Waals surface area contributed by atoms with Gasteiger partial charge in [0.2, 0.25) is 11.8 Å². The van der Waals surface area contributed by atoms with Crippen LogP contribution in [0.15, 0.2) is 30.3 Å². The summed E-state index contributed by atoms with van der Waals surface area (Å²) in [6.07, 6.45) is 5.85. The molecule has 8 heteroatoms. The summed E-state index contributed by atoms with van der Waals surface area (Å²) < 4.78 is 5.39. The average Bonchev–Trinajstić information content (AvgIpc) is 2.82. The maximum Gasteiger partial charge on any atom is 0.408 e. The van der Waals surface area contributed by atoms with Crippen molar-refractivity contribution in [2.24, 2.45) is 11.8 Å². The van der Waals surface area contributed by atoms with Crippen LogP contribution in [0.5, 0.6) is 0 Å². The Bertz CT molecular complexity index is 876. The number of hydrogen-bond acceptors (Lipinski definition) is 5. The minimum Gasteiger partial charge on any atom is -0.444 e. The Morgan fingerprint density at radius 1 is 0.921 bits per heavy atom. The van der Waals surface area contributed by atoms with Crippen LogP contribution in [-0.4, -0.2) is 52.8 Å². The lowest BCUT2D eigenvalue weighted by atomic mass is 9.84. The Kier molecular flexibility index (Phi) is 12.6. The van der Waals surface area contributed by atoms with Gasteiger partial charge in [0, 0.05) is 6.42 Å². The first-order chi connectivity index (χ1) is 17.8. The first-order valence-electron chi connectivity index (χ1n) is 14.2. The molecule has 0 bridgehead atoms. The van der Waals surface area contributed by atoms with E-state index in [2.05, 4.69) is 16.0 Å². The molecule has 1 fully saturated rings. The molecule has 214 valence electrons. The van der Waals surface area contributed by atoms with Gasteiger partial charge < -0.3 is 25.8 Å². The number of ether oxygens (including phenoxy) is 1. The average molecular weight is 532 g/mol. The Morgan fingerprint density at radius 2 is 1.53 bits per heavy atom. The molecule has 1 unspecified atom stereocenters. The summed E-state index contributed by atoms with van der Waals surface area (Å²) in [5, 5.41) is 19.0. The molecule has 0 heterocycles. The summed E-state index contributed by atoms with van der Waals surface area (Å²) in [4.78, 5) is 39.4. The number of benzene rings is 1. The zero-order valence-corrected chi connectivity index (χ0v) is 24.1. The van der Waals surface area contributed by atoms with E-state index in [1.165, 1.54) is 19.3 Å². The van der Waals surface area contributed by atoms with E-state index < -0.39 is 35.8 Å². The predicted octanol–water partition coefficient (Wildman–Crippen LogP) is 4.49. The number of carbonyl (C=O) groups is 3. The molecule has 4 atom stereocenters. The summed E-state index contributed by atoms with van der Waals surface area (Å²) in [6, 6.07) is 7.29. The minimum absolute atomic E-state index is 0.140. The summed E-state index contributed by atoms with van der Waals surface area (Å²) in [5.41, 5.74) is 0.155. The Labute approximate surface area is 228 Å². The molecule has 4 N–H and O–H groups in total. The van der Waals surface area contributed by atoms with Crippen molar-refractivity contribution in [3.05, 3.63) is 35.9 Å². The smallest absolute Gasteiger partial charge is 0.408 e. The van der Waals surface area contributed by atoms with E-state index in [9.17, 15) is 19.5 Å². The monoisotopic (exact) mass is 531 g/mol. The molecule has 0 aliphatic heterocycles. The number of nitrogens with one attached hydrogen (secondary N) is 3. The quantitative estimate of drug-likeness (QED) is 0.317. The van der Waals surface area contributed by atoms with Crippen molar-refractivity contribution in [1.29, 1.82) is 0 Å². The van der Waals surface area contributed by atoms with Crippen LogP contribution >= 0.6 is 0 Å². The van der Waals surface area contributed by atoms with E-state index in [1.54, 1.807) is 27.7 Å². The molecule has 1 aliphatic rings. The van der Waals surface area contributed by atoms with Crippen molar-refractivity contribution >= 4 is 17.9 Å². The lowest BCUT2D eigenvalue weighted by molar-refractivity contribution is -0.131. The molecule has 0 radical (unpaired) electrons. The number of rotatable bonds is 12. The van der Waals surface area contributed by atoms with E-state index >= 15 is 0 Å². The Balaban J connectivity index is 2.15. The standard InChI is InChI=1S/C30H49N3O5/c1-20(2)17-25(27(35)31-24(21(3)34)18-22-13-9-7-10-14-22)32-28(36)26(19-23-15-11-8-12-16-23)33-29(37)38-30(4,5)6/h8,11-12,15-16,20-22,24-26,34H,7,9-10,13-14,17-19H2,1-6H3,(H,31,35)(H,32,36)(H,33,37)/t21?,24-,25-,26-/m0/s1. The molecule has 1 aromatic rings. The van der Waals surface area contributed by atoms with Crippen molar-refractivity contribution < 1.29 is 24.2 Å². The topological polar surface area (TPSA) is 117 Å². The summed E-state index contributed by atoms with van der Waals surface area (Å²) >= 11 is 0. The number of carbonyl (C=O) groups excluding carboxylic acids is 3. The zero-order valence-electron chi connectivity index (χ0n) is 24.1. The molecule has 0 saturated heterocycles. The van der Waals surface area contributed by atoms with Crippen LogP contribution in [0.25, 0.3) is 0 Å². The van der Waals surface area contributed by atoms with Gasteiger partial charge in [0.25, 0.3) is 0 Å². The van der Waals surface area contributed by atoms with Gasteiger partial charge in [0.05, 0.1) is 12.1 Å². The van der Waals surface area contributed by atoms with Crippen LogP contribution < -0.4 is 16.0 Å². The van der Waals surface area contributed by atoms with Crippen molar-refractivity contribution in [1.82, 2.24) is 16.0 Å². The van der Waals surface area contributed by atoms with Crippen LogP contribution in [0.2, 0.25) is 0 Å². The fraction of sp³-hybridized carbons (Fsp3) is 0.700. The van der Waals surface area contributed by atoms with E-state index in [-0.39, 0.29) is 24.3 Å². The van der Waals surface area contributed by atoms with Gasteiger partial charge in [-0.15, -0.1) is 0 Å². The van der Waals surface area contributed by atoms with Gasteiger partial charge in [-0.1, -0.05) is 76.3 Å². The lowest BCUT2D eigenvalue weighted by Crippen LogP contribution is -2.57. The Morgan fingerprint density at radius 3 is 2.08 bits per heavy atom. The zero-order chi connectivity index (χ0) is 28.3. The van der Waals surface area contributed by atoms with Crippen molar-refractivity contribution in [2.75, 3.05) is 0 Å².